The van der Waals surface area contributed by atoms with Gasteiger partial charge < -0.3 is 4.42 Å². The summed E-state index contributed by atoms with van der Waals surface area (Å²) in [6.45, 7) is 0. The molecule has 0 unspecified atom stereocenters. The summed E-state index contributed by atoms with van der Waals surface area (Å²) in [5.74, 6) is -0.188. The van der Waals surface area contributed by atoms with Gasteiger partial charge in [0.25, 0.3) is 0 Å². The van der Waals surface area contributed by atoms with Gasteiger partial charge in [0.1, 0.15) is 5.58 Å². The van der Waals surface area contributed by atoms with Gasteiger partial charge >= 0.3 is 5.63 Å². The second kappa shape index (κ2) is 4.50. The Morgan fingerprint density at radius 1 is 1.18 bits per heavy atom. The highest BCUT2D eigenvalue weighted by Gasteiger charge is 2.09. The third-order valence-corrected chi connectivity index (χ3v) is 3.50. The molecule has 1 aromatic carbocycles. The molecule has 4 nitrogen and oxygen atoms in total. The first-order chi connectivity index (χ1) is 7.96. The molecule has 0 N–H and O–H groups in total. The zero-order chi connectivity index (χ0) is 12.5. The summed E-state index contributed by atoms with van der Waals surface area (Å²) in [6.07, 6.45) is 0.218. The van der Waals surface area contributed by atoms with E-state index in [1.54, 1.807) is 24.3 Å². The molecule has 6 heteroatoms. The van der Waals surface area contributed by atoms with Crippen LogP contribution in [0, 0.1) is 0 Å². The molecule has 0 saturated heterocycles. The lowest BCUT2D eigenvalue weighted by Gasteiger charge is -2.03. The van der Waals surface area contributed by atoms with Crippen molar-refractivity contribution >= 4 is 30.7 Å². The summed E-state index contributed by atoms with van der Waals surface area (Å²) in [4.78, 5) is 11.1. The fraction of sp³-hybridized carbons (Fsp3) is 0.182. The summed E-state index contributed by atoms with van der Waals surface area (Å²) in [5, 5.41) is 0.758. The van der Waals surface area contributed by atoms with E-state index < -0.39 is 14.7 Å². The molecule has 2 aromatic rings. The van der Waals surface area contributed by atoms with E-state index >= 15 is 0 Å². The van der Waals surface area contributed by atoms with Crippen molar-refractivity contribution in [3.05, 3.63) is 46.3 Å². The maximum Gasteiger partial charge on any atom is 0.336 e. The van der Waals surface area contributed by atoms with Crippen molar-refractivity contribution in [3.63, 3.8) is 0 Å². The molecule has 0 bridgehead atoms. The zero-order valence-electron chi connectivity index (χ0n) is 8.72. The quantitative estimate of drug-likeness (QED) is 0.632. The number of aryl methyl sites for hydroxylation is 1. The predicted molar refractivity (Wildman–Crippen MR) is 65.8 cm³/mol. The van der Waals surface area contributed by atoms with Gasteiger partial charge in [0.2, 0.25) is 9.05 Å². The number of benzene rings is 1. The Morgan fingerprint density at radius 3 is 2.65 bits per heavy atom. The first-order valence-corrected chi connectivity index (χ1v) is 7.38. The highest BCUT2D eigenvalue weighted by Crippen LogP contribution is 2.18. The molecule has 0 atom stereocenters. The van der Waals surface area contributed by atoms with Crippen LogP contribution in [0.1, 0.15) is 5.56 Å². The van der Waals surface area contributed by atoms with Crippen molar-refractivity contribution in [2.45, 2.75) is 6.42 Å². The highest BCUT2D eigenvalue weighted by atomic mass is 35.7. The average molecular weight is 273 g/mol. The molecule has 2 rings (SSSR count). The molecule has 0 radical (unpaired) electrons. The Balaban J connectivity index is 2.47. The minimum Gasteiger partial charge on any atom is -0.422 e. The van der Waals surface area contributed by atoms with Crippen LogP contribution in [0.4, 0.5) is 0 Å². The van der Waals surface area contributed by atoms with Gasteiger partial charge in [0.05, 0.1) is 5.75 Å². The van der Waals surface area contributed by atoms with Gasteiger partial charge in [0, 0.05) is 22.1 Å². The predicted octanol–water partition coefficient (Wildman–Crippen LogP) is 1.90. The first kappa shape index (κ1) is 12.1. The van der Waals surface area contributed by atoms with E-state index in [4.69, 9.17) is 15.1 Å². The molecule has 17 heavy (non-hydrogen) atoms. The first-order valence-electron chi connectivity index (χ1n) is 4.90. The van der Waals surface area contributed by atoms with Gasteiger partial charge in [-0.2, -0.15) is 0 Å². The van der Waals surface area contributed by atoms with Crippen molar-refractivity contribution in [1.82, 2.24) is 0 Å². The van der Waals surface area contributed by atoms with Crippen LogP contribution in [0.5, 0.6) is 0 Å². The summed E-state index contributed by atoms with van der Waals surface area (Å²) in [5.41, 5.74) is 0.614. The molecule has 1 aromatic heterocycles. The Labute approximate surface area is 102 Å². The van der Waals surface area contributed by atoms with Gasteiger partial charge in [-0.25, -0.2) is 13.2 Å². The van der Waals surface area contributed by atoms with Crippen LogP contribution in [0.3, 0.4) is 0 Å². The lowest BCUT2D eigenvalue weighted by Crippen LogP contribution is -2.03. The third kappa shape index (κ3) is 3.08. The number of fused-ring (bicyclic) bond motifs is 1. The standard InChI is InChI=1S/C11H9ClO4S/c12-17(14,15)7-6-9-3-1-2-8-4-5-10(13)16-11(8)9/h1-5H,6-7H2. The Kier molecular flexibility index (Phi) is 3.22. The molecule has 0 saturated carbocycles. The van der Waals surface area contributed by atoms with Crippen molar-refractivity contribution in [1.29, 1.82) is 0 Å². The molecular formula is C11H9ClO4S. The summed E-state index contributed by atoms with van der Waals surface area (Å²) < 4.78 is 26.8. The molecule has 0 amide bonds. The highest BCUT2D eigenvalue weighted by molar-refractivity contribution is 8.13. The van der Waals surface area contributed by atoms with Crippen LogP contribution in [0.15, 0.2) is 39.5 Å². The van der Waals surface area contributed by atoms with Crippen LogP contribution in [0.2, 0.25) is 0 Å². The second-order valence-corrected chi connectivity index (χ2v) is 6.48. The van der Waals surface area contributed by atoms with E-state index in [-0.39, 0.29) is 12.2 Å². The van der Waals surface area contributed by atoms with Crippen LogP contribution in [-0.4, -0.2) is 14.2 Å². The van der Waals surface area contributed by atoms with E-state index in [9.17, 15) is 13.2 Å². The van der Waals surface area contributed by atoms with Crippen molar-refractivity contribution in [3.8, 4) is 0 Å². The number of hydrogen-bond donors (Lipinski definition) is 0. The number of halogens is 1. The normalized spacial score (nSPS) is 11.8. The number of rotatable bonds is 3. The minimum atomic E-state index is -3.55. The lowest BCUT2D eigenvalue weighted by atomic mass is 10.1. The number of para-hydroxylation sites is 1. The van der Waals surface area contributed by atoms with Gasteiger partial charge in [-0.15, -0.1) is 0 Å². The van der Waals surface area contributed by atoms with E-state index in [2.05, 4.69) is 0 Å². The molecule has 0 aliphatic carbocycles. The van der Waals surface area contributed by atoms with E-state index in [1.165, 1.54) is 6.07 Å². The minimum absolute atomic E-state index is 0.188. The van der Waals surface area contributed by atoms with Crippen LogP contribution < -0.4 is 5.63 Å². The average Bonchev–Trinajstić information content (AvgIpc) is 2.25. The maximum atomic E-state index is 11.1. The van der Waals surface area contributed by atoms with Crippen molar-refractivity contribution < 1.29 is 12.8 Å². The largest absolute Gasteiger partial charge is 0.422 e. The third-order valence-electron chi connectivity index (χ3n) is 2.34. The molecule has 1 heterocycles. The van der Waals surface area contributed by atoms with Crippen LogP contribution in [0.25, 0.3) is 11.0 Å². The Bertz CT molecular complexity index is 703. The Morgan fingerprint density at radius 2 is 1.94 bits per heavy atom. The van der Waals surface area contributed by atoms with Gasteiger partial charge in [-0.05, 0) is 18.1 Å². The molecule has 0 aliphatic rings. The summed E-state index contributed by atoms with van der Waals surface area (Å²) in [7, 11) is 1.60. The smallest absolute Gasteiger partial charge is 0.336 e. The SMILES string of the molecule is O=c1ccc2cccc(CCS(=O)(=O)Cl)c2o1. The molecule has 90 valence electrons. The topological polar surface area (TPSA) is 64.3 Å². The van der Waals surface area contributed by atoms with Crippen molar-refractivity contribution in [2.75, 3.05) is 5.75 Å². The fourth-order valence-corrected chi connectivity index (χ4v) is 2.28. The summed E-state index contributed by atoms with van der Waals surface area (Å²) >= 11 is 0. The van der Waals surface area contributed by atoms with Gasteiger partial charge in [-0.3, -0.25) is 0 Å². The lowest BCUT2D eigenvalue weighted by molar-refractivity contribution is 0.557. The monoisotopic (exact) mass is 272 g/mol. The van der Waals surface area contributed by atoms with E-state index in [0.29, 0.717) is 11.1 Å². The van der Waals surface area contributed by atoms with Crippen LogP contribution >= 0.6 is 10.7 Å². The molecule has 0 spiro atoms. The molecule has 0 fully saturated rings. The Hall–Kier alpha value is -1.33. The molecule has 0 aliphatic heterocycles. The van der Waals surface area contributed by atoms with E-state index in [0.717, 1.165) is 5.39 Å². The van der Waals surface area contributed by atoms with Crippen LogP contribution in [-0.2, 0) is 15.5 Å². The number of hydrogen-bond acceptors (Lipinski definition) is 4. The second-order valence-electron chi connectivity index (χ2n) is 3.58. The molecular weight excluding hydrogens is 264 g/mol. The fourth-order valence-electron chi connectivity index (χ4n) is 1.58. The van der Waals surface area contributed by atoms with Gasteiger partial charge in [0.15, 0.2) is 0 Å². The zero-order valence-corrected chi connectivity index (χ0v) is 10.3. The maximum absolute atomic E-state index is 11.1. The van der Waals surface area contributed by atoms with Crippen molar-refractivity contribution in [2.24, 2.45) is 0 Å². The van der Waals surface area contributed by atoms with E-state index in [1.807, 2.05) is 0 Å². The van der Waals surface area contributed by atoms with Gasteiger partial charge in [-0.1, -0.05) is 18.2 Å². The summed E-state index contributed by atoms with van der Waals surface area (Å²) in [6, 6.07) is 8.24.